The normalized spacial score (nSPS) is 19.8. The van der Waals surface area contributed by atoms with Crippen LogP contribution >= 0.6 is 0 Å². The Kier molecular flexibility index (Phi) is 6.24. The molecule has 1 saturated carbocycles. The van der Waals surface area contributed by atoms with Gasteiger partial charge in [0.25, 0.3) is 0 Å². The molecule has 156 valence electrons. The molecular formula is C22H21F5O2. The molecule has 3 rings (SSSR count). The largest absolute Gasteiger partial charge is 0.423 e. The third-order valence-electron chi connectivity index (χ3n) is 5.55. The molecule has 0 N–H and O–H groups in total. The lowest BCUT2D eigenvalue weighted by Crippen LogP contribution is -2.14. The van der Waals surface area contributed by atoms with Crippen molar-refractivity contribution in [1.29, 1.82) is 0 Å². The van der Waals surface area contributed by atoms with Gasteiger partial charge in [-0.1, -0.05) is 25.5 Å². The SMILES string of the molecule is CCC1CCC(c2ccc(C(=O)Oc3cc(F)c(C(F)(F)F)c(F)c3)cc2)CC1. The molecule has 2 aromatic carbocycles. The molecule has 0 aromatic heterocycles. The van der Waals surface area contributed by atoms with Crippen LogP contribution in [0.1, 0.15) is 66.4 Å². The number of esters is 1. The molecule has 1 fully saturated rings. The van der Waals surface area contributed by atoms with Gasteiger partial charge in [-0.25, -0.2) is 13.6 Å². The van der Waals surface area contributed by atoms with E-state index in [4.69, 9.17) is 4.74 Å². The first-order valence-corrected chi connectivity index (χ1v) is 9.57. The van der Waals surface area contributed by atoms with E-state index in [2.05, 4.69) is 6.92 Å². The van der Waals surface area contributed by atoms with E-state index in [0.717, 1.165) is 24.3 Å². The highest BCUT2D eigenvalue weighted by Crippen LogP contribution is 2.37. The molecule has 2 aromatic rings. The fourth-order valence-electron chi connectivity index (χ4n) is 3.84. The van der Waals surface area contributed by atoms with E-state index in [9.17, 15) is 26.7 Å². The zero-order valence-electron chi connectivity index (χ0n) is 15.9. The van der Waals surface area contributed by atoms with Crippen LogP contribution in [-0.4, -0.2) is 5.97 Å². The summed E-state index contributed by atoms with van der Waals surface area (Å²) in [5.41, 5.74) is -0.751. The van der Waals surface area contributed by atoms with Crippen molar-refractivity contribution in [2.75, 3.05) is 0 Å². The first-order valence-electron chi connectivity index (χ1n) is 9.57. The molecule has 0 atom stereocenters. The topological polar surface area (TPSA) is 26.3 Å². The molecule has 0 amide bonds. The number of halogens is 5. The van der Waals surface area contributed by atoms with Crippen LogP contribution in [0.5, 0.6) is 5.75 Å². The van der Waals surface area contributed by atoms with Gasteiger partial charge in [0.05, 0.1) is 5.56 Å². The second kappa shape index (κ2) is 8.51. The summed E-state index contributed by atoms with van der Waals surface area (Å²) in [4.78, 5) is 12.2. The van der Waals surface area contributed by atoms with Crippen molar-refractivity contribution in [3.8, 4) is 5.75 Å². The van der Waals surface area contributed by atoms with Crippen molar-refractivity contribution < 1.29 is 31.5 Å². The van der Waals surface area contributed by atoms with E-state index in [1.807, 2.05) is 12.1 Å². The predicted octanol–water partition coefficient (Wildman–Crippen LogP) is 6.89. The molecule has 0 spiro atoms. The lowest BCUT2D eigenvalue weighted by molar-refractivity contribution is -0.142. The molecule has 0 aliphatic heterocycles. The number of carbonyl (C=O) groups excluding carboxylic acids is 1. The number of ether oxygens (including phenoxy) is 1. The number of rotatable bonds is 4. The molecule has 2 nitrogen and oxygen atoms in total. The van der Waals surface area contributed by atoms with E-state index in [0.29, 0.717) is 18.1 Å². The second-order valence-corrected chi connectivity index (χ2v) is 7.40. The number of hydrogen-bond acceptors (Lipinski definition) is 2. The molecule has 7 heteroatoms. The first kappa shape index (κ1) is 21.3. The third kappa shape index (κ3) is 4.95. The molecule has 0 radical (unpaired) electrons. The smallest absolute Gasteiger partial charge is 0.422 e. The molecule has 1 aliphatic carbocycles. The van der Waals surface area contributed by atoms with Gasteiger partial charge in [-0.05, 0) is 55.2 Å². The summed E-state index contributed by atoms with van der Waals surface area (Å²) in [6.07, 6.45) is 0.538. The van der Waals surface area contributed by atoms with Crippen molar-refractivity contribution in [1.82, 2.24) is 0 Å². The second-order valence-electron chi connectivity index (χ2n) is 7.40. The summed E-state index contributed by atoms with van der Waals surface area (Å²) in [5.74, 6) is -3.99. The summed E-state index contributed by atoms with van der Waals surface area (Å²) >= 11 is 0. The number of benzene rings is 2. The Labute approximate surface area is 165 Å². The molecule has 29 heavy (non-hydrogen) atoms. The van der Waals surface area contributed by atoms with Crippen LogP contribution in [0.3, 0.4) is 0 Å². The maximum Gasteiger partial charge on any atom is 0.422 e. The van der Waals surface area contributed by atoms with Gasteiger partial charge >= 0.3 is 12.1 Å². The molecule has 0 heterocycles. The van der Waals surface area contributed by atoms with E-state index in [1.165, 1.54) is 19.3 Å². The zero-order valence-corrected chi connectivity index (χ0v) is 15.9. The lowest BCUT2D eigenvalue weighted by atomic mass is 9.78. The van der Waals surface area contributed by atoms with E-state index >= 15 is 0 Å². The predicted molar refractivity (Wildman–Crippen MR) is 97.8 cm³/mol. The Bertz CT molecular complexity index is 843. The summed E-state index contributed by atoms with van der Waals surface area (Å²) in [6.45, 7) is 2.19. The van der Waals surface area contributed by atoms with Crippen LogP contribution in [0.25, 0.3) is 0 Å². The minimum Gasteiger partial charge on any atom is -0.423 e. The van der Waals surface area contributed by atoms with E-state index in [-0.39, 0.29) is 5.56 Å². The Balaban J connectivity index is 1.69. The number of hydrogen-bond donors (Lipinski definition) is 0. The fraction of sp³-hybridized carbons (Fsp3) is 0.409. The summed E-state index contributed by atoms with van der Waals surface area (Å²) in [6, 6.07) is 7.46. The van der Waals surface area contributed by atoms with Crippen LogP contribution in [0.4, 0.5) is 22.0 Å². The van der Waals surface area contributed by atoms with Gasteiger partial charge < -0.3 is 4.74 Å². The standard InChI is InChI=1S/C22H21F5O2/c1-2-13-3-5-14(6-4-13)15-7-9-16(10-8-15)21(28)29-17-11-18(23)20(19(24)12-17)22(25,26)27/h7-14H,2-6H2,1H3. The van der Waals surface area contributed by atoms with Crippen molar-refractivity contribution in [2.45, 2.75) is 51.1 Å². The minimum absolute atomic E-state index is 0.150. The maximum atomic E-state index is 13.6. The number of carbonyl (C=O) groups is 1. The van der Waals surface area contributed by atoms with Crippen molar-refractivity contribution in [2.24, 2.45) is 5.92 Å². The Morgan fingerprint density at radius 1 is 1.00 bits per heavy atom. The highest BCUT2D eigenvalue weighted by atomic mass is 19.4. The highest BCUT2D eigenvalue weighted by Gasteiger charge is 2.38. The van der Waals surface area contributed by atoms with Gasteiger partial charge in [-0.2, -0.15) is 13.2 Å². The van der Waals surface area contributed by atoms with Gasteiger partial charge in [-0.15, -0.1) is 0 Å². The van der Waals surface area contributed by atoms with Crippen LogP contribution in [0.15, 0.2) is 36.4 Å². The fourth-order valence-corrected chi connectivity index (χ4v) is 3.84. The summed E-state index contributed by atoms with van der Waals surface area (Å²) < 4.78 is 69.9. The lowest BCUT2D eigenvalue weighted by Gasteiger charge is -2.28. The van der Waals surface area contributed by atoms with Crippen LogP contribution in [0, 0.1) is 17.6 Å². The monoisotopic (exact) mass is 412 g/mol. The molecule has 0 bridgehead atoms. The van der Waals surface area contributed by atoms with Gasteiger partial charge in [0.1, 0.15) is 22.9 Å². The summed E-state index contributed by atoms with van der Waals surface area (Å²) in [7, 11) is 0. The minimum atomic E-state index is -5.18. The summed E-state index contributed by atoms with van der Waals surface area (Å²) in [5, 5.41) is 0. The molecule has 0 unspecified atom stereocenters. The zero-order chi connectivity index (χ0) is 21.2. The number of alkyl halides is 3. The van der Waals surface area contributed by atoms with E-state index in [1.54, 1.807) is 12.1 Å². The Hall–Kier alpha value is -2.44. The average Bonchev–Trinajstić information content (AvgIpc) is 2.66. The molecule has 0 saturated heterocycles. The van der Waals surface area contributed by atoms with Crippen LogP contribution in [0.2, 0.25) is 0 Å². The van der Waals surface area contributed by atoms with Crippen molar-refractivity contribution in [3.63, 3.8) is 0 Å². The van der Waals surface area contributed by atoms with Crippen LogP contribution < -0.4 is 4.74 Å². The molecular weight excluding hydrogens is 391 g/mol. The Morgan fingerprint density at radius 3 is 2.03 bits per heavy atom. The highest BCUT2D eigenvalue weighted by molar-refractivity contribution is 5.91. The van der Waals surface area contributed by atoms with Gasteiger partial charge in [0, 0.05) is 12.1 Å². The Morgan fingerprint density at radius 2 is 1.55 bits per heavy atom. The third-order valence-corrected chi connectivity index (χ3v) is 5.55. The quantitative estimate of drug-likeness (QED) is 0.311. The molecule has 1 aliphatic rings. The van der Waals surface area contributed by atoms with Crippen molar-refractivity contribution >= 4 is 5.97 Å². The van der Waals surface area contributed by atoms with Crippen molar-refractivity contribution in [3.05, 3.63) is 64.7 Å². The van der Waals surface area contributed by atoms with Gasteiger partial charge in [0.15, 0.2) is 0 Å². The first-order chi connectivity index (χ1) is 13.7. The van der Waals surface area contributed by atoms with Gasteiger partial charge in [0.2, 0.25) is 0 Å². The average molecular weight is 412 g/mol. The van der Waals surface area contributed by atoms with E-state index < -0.39 is 35.1 Å². The van der Waals surface area contributed by atoms with Crippen LogP contribution in [-0.2, 0) is 6.18 Å². The van der Waals surface area contributed by atoms with Gasteiger partial charge in [-0.3, -0.25) is 0 Å². The maximum absolute atomic E-state index is 13.6.